The Balaban J connectivity index is 1.78. The first-order chi connectivity index (χ1) is 11.3. The molecule has 4 rings (SSSR count). The van der Waals surface area contributed by atoms with E-state index in [0.717, 1.165) is 17.1 Å². The highest BCUT2D eigenvalue weighted by atomic mass is 16.5. The summed E-state index contributed by atoms with van der Waals surface area (Å²) in [4.78, 5) is 6.56. The van der Waals surface area contributed by atoms with Crippen LogP contribution in [-0.4, -0.2) is 44.4 Å². The molecule has 1 aliphatic heterocycles. The van der Waals surface area contributed by atoms with Crippen LogP contribution in [0.1, 0.15) is 18.0 Å². The van der Waals surface area contributed by atoms with Gasteiger partial charge in [0.25, 0.3) is 0 Å². The number of hydrogen-bond acceptors (Lipinski definition) is 6. The minimum atomic E-state index is -0.406. The monoisotopic (exact) mass is 311 g/mol. The van der Waals surface area contributed by atoms with Crippen LogP contribution in [0.15, 0.2) is 43.0 Å². The average molecular weight is 311 g/mol. The smallest absolute Gasteiger partial charge is 0.203 e. The second-order valence-corrected chi connectivity index (χ2v) is 5.65. The van der Waals surface area contributed by atoms with Crippen LogP contribution in [-0.2, 0) is 0 Å². The van der Waals surface area contributed by atoms with E-state index in [0.29, 0.717) is 18.6 Å². The number of rotatable bonds is 3. The first-order valence-electron chi connectivity index (χ1n) is 7.49. The van der Waals surface area contributed by atoms with Crippen LogP contribution in [0.4, 0.5) is 5.82 Å². The Hall–Kier alpha value is -2.67. The fourth-order valence-electron chi connectivity index (χ4n) is 3.16. The molecule has 2 atom stereocenters. The number of methoxy groups -OCH3 is 1. The molecule has 118 valence electrons. The normalized spacial score (nSPS) is 21.0. The highest BCUT2D eigenvalue weighted by Gasteiger charge is 2.34. The molecule has 3 heterocycles. The Kier molecular flexibility index (Phi) is 3.34. The zero-order valence-electron chi connectivity index (χ0n) is 12.7. The second kappa shape index (κ2) is 5.51. The van der Waals surface area contributed by atoms with E-state index >= 15 is 0 Å². The van der Waals surface area contributed by atoms with Gasteiger partial charge in [-0.15, -0.1) is 10.2 Å². The van der Waals surface area contributed by atoms with Gasteiger partial charge in [-0.05, 0) is 24.1 Å². The lowest BCUT2D eigenvalue weighted by Crippen LogP contribution is -2.26. The third kappa shape index (κ3) is 2.39. The van der Waals surface area contributed by atoms with Crippen LogP contribution < -0.4 is 9.64 Å². The summed E-state index contributed by atoms with van der Waals surface area (Å²) >= 11 is 0. The molecule has 7 heteroatoms. The minimum absolute atomic E-state index is 0.0236. The zero-order valence-corrected chi connectivity index (χ0v) is 12.7. The van der Waals surface area contributed by atoms with Crippen molar-refractivity contribution in [2.45, 2.75) is 18.6 Å². The van der Waals surface area contributed by atoms with Crippen LogP contribution in [0.2, 0.25) is 0 Å². The maximum atomic E-state index is 10.2. The lowest BCUT2D eigenvalue weighted by atomic mass is 10.0. The third-order valence-electron chi connectivity index (χ3n) is 4.23. The van der Waals surface area contributed by atoms with Gasteiger partial charge >= 0.3 is 0 Å². The van der Waals surface area contributed by atoms with E-state index in [9.17, 15) is 5.11 Å². The molecule has 0 spiro atoms. The molecule has 1 fully saturated rings. The Labute approximate surface area is 133 Å². The first-order valence-corrected chi connectivity index (χ1v) is 7.49. The molecule has 0 aliphatic carbocycles. The fraction of sp³-hybridized carbons (Fsp3) is 0.312. The SMILES string of the molecule is COc1cccc([C@@H]2C[C@H](O)CN2c2nccn3cnnc23)c1. The minimum Gasteiger partial charge on any atom is -0.497 e. The van der Waals surface area contributed by atoms with E-state index < -0.39 is 6.10 Å². The standard InChI is InChI=1S/C16H17N5O2/c1-23-13-4-2-3-11(7-13)14-8-12(22)9-21(14)15-16-19-18-10-20(16)6-5-17-15/h2-7,10,12,14,22H,8-9H2,1H3/t12-,14-/m0/s1. The van der Waals surface area contributed by atoms with Crippen LogP contribution >= 0.6 is 0 Å². The van der Waals surface area contributed by atoms with Gasteiger partial charge < -0.3 is 14.7 Å². The van der Waals surface area contributed by atoms with E-state index in [1.807, 2.05) is 34.9 Å². The van der Waals surface area contributed by atoms with Gasteiger partial charge in [0, 0.05) is 18.9 Å². The van der Waals surface area contributed by atoms with E-state index in [1.165, 1.54) is 0 Å². The van der Waals surface area contributed by atoms with Gasteiger partial charge in [0.05, 0.1) is 19.3 Å². The summed E-state index contributed by atoms with van der Waals surface area (Å²) in [6, 6.07) is 7.94. The summed E-state index contributed by atoms with van der Waals surface area (Å²) in [6.07, 6.45) is 5.42. The van der Waals surface area contributed by atoms with Crippen molar-refractivity contribution in [1.29, 1.82) is 0 Å². The highest BCUT2D eigenvalue weighted by molar-refractivity contribution is 5.65. The fourth-order valence-corrected chi connectivity index (χ4v) is 3.16. The molecule has 0 unspecified atom stereocenters. The quantitative estimate of drug-likeness (QED) is 0.789. The molecule has 0 saturated carbocycles. The number of hydrogen-bond donors (Lipinski definition) is 1. The van der Waals surface area contributed by atoms with Crippen LogP contribution in [0.5, 0.6) is 5.75 Å². The predicted octanol–water partition coefficient (Wildman–Crippen LogP) is 1.45. The predicted molar refractivity (Wildman–Crippen MR) is 84.5 cm³/mol. The van der Waals surface area contributed by atoms with Crippen LogP contribution in [0.25, 0.3) is 5.65 Å². The Bertz CT molecular complexity index is 834. The lowest BCUT2D eigenvalue weighted by molar-refractivity contribution is 0.194. The van der Waals surface area contributed by atoms with Gasteiger partial charge in [0.1, 0.15) is 12.1 Å². The van der Waals surface area contributed by atoms with Crippen LogP contribution in [0.3, 0.4) is 0 Å². The number of ether oxygens (including phenoxy) is 1. The van der Waals surface area contributed by atoms with Crippen molar-refractivity contribution in [1.82, 2.24) is 19.6 Å². The molecule has 0 amide bonds. The van der Waals surface area contributed by atoms with Gasteiger partial charge in [0.2, 0.25) is 5.65 Å². The molecular formula is C16H17N5O2. The van der Waals surface area contributed by atoms with Crippen molar-refractivity contribution in [3.63, 3.8) is 0 Å². The first kappa shape index (κ1) is 14.0. The molecule has 7 nitrogen and oxygen atoms in total. The van der Waals surface area contributed by atoms with Gasteiger partial charge in [0.15, 0.2) is 5.82 Å². The number of fused-ring (bicyclic) bond motifs is 1. The summed E-state index contributed by atoms with van der Waals surface area (Å²) in [5, 5.41) is 18.3. The molecule has 1 N–H and O–H groups in total. The average Bonchev–Trinajstić information content (AvgIpc) is 3.21. The Morgan fingerprint density at radius 3 is 3.13 bits per heavy atom. The van der Waals surface area contributed by atoms with E-state index in [1.54, 1.807) is 19.6 Å². The van der Waals surface area contributed by atoms with Crippen molar-refractivity contribution >= 4 is 11.5 Å². The van der Waals surface area contributed by atoms with Crippen molar-refractivity contribution in [3.8, 4) is 5.75 Å². The van der Waals surface area contributed by atoms with Crippen molar-refractivity contribution in [2.24, 2.45) is 0 Å². The topological polar surface area (TPSA) is 75.8 Å². The van der Waals surface area contributed by atoms with Gasteiger partial charge in [-0.2, -0.15) is 0 Å². The summed E-state index contributed by atoms with van der Waals surface area (Å²) in [5.41, 5.74) is 1.78. The molecular weight excluding hydrogens is 294 g/mol. The van der Waals surface area contributed by atoms with Crippen LogP contribution in [0, 0.1) is 0 Å². The number of anilines is 1. The zero-order chi connectivity index (χ0) is 15.8. The van der Waals surface area contributed by atoms with Crippen molar-refractivity contribution in [3.05, 3.63) is 48.5 Å². The van der Waals surface area contributed by atoms with E-state index in [2.05, 4.69) is 20.1 Å². The number of benzene rings is 1. The van der Waals surface area contributed by atoms with Crippen molar-refractivity contribution in [2.75, 3.05) is 18.6 Å². The Morgan fingerprint density at radius 2 is 2.26 bits per heavy atom. The summed E-state index contributed by atoms with van der Waals surface area (Å²) in [7, 11) is 1.65. The number of aliphatic hydroxyl groups is 1. The number of aromatic nitrogens is 4. The highest BCUT2D eigenvalue weighted by Crippen LogP contribution is 2.37. The van der Waals surface area contributed by atoms with E-state index in [4.69, 9.17) is 4.74 Å². The van der Waals surface area contributed by atoms with Gasteiger partial charge in [-0.25, -0.2) is 4.98 Å². The molecule has 1 saturated heterocycles. The third-order valence-corrected chi connectivity index (χ3v) is 4.23. The molecule has 23 heavy (non-hydrogen) atoms. The Morgan fingerprint density at radius 1 is 1.35 bits per heavy atom. The lowest BCUT2D eigenvalue weighted by Gasteiger charge is -2.26. The molecule has 3 aromatic rings. The molecule has 1 aliphatic rings. The maximum Gasteiger partial charge on any atom is 0.203 e. The maximum absolute atomic E-state index is 10.2. The number of nitrogens with zero attached hydrogens (tertiary/aromatic N) is 5. The van der Waals surface area contributed by atoms with Gasteiger partial charge in [-0.1, -0.05) is 12.1 Å². The molecule has 0 radical (unpaired) electrons. The number of β-amino-alcohol motifs (C(OH)–C–C–N with tert-alkyl or cyclic N) is 1. The molecule has 2 aromatic heterocycles. The van der Waals surface area contributed by atoms with Crippen molar-refractivity contribution < 1.29 is 9.84 Å². The molecule has 0 bridgehead atoms. The molecule has 1 aromatic carbocycles. The largest absolute Gasteiger partial charge is 0.497 e. The second-order valence-electron chi connectivity index (χ2n) is 5.65. The van der Waals surface area contributed by atoms with E-state index in [-0.39, 0.29) is 6.04 Å². The summed E-state index contributed by atoms with van der Waals surface area (Å²) in [6.45, 7) is 0.515. The summed E-state index contributed by atoms with van der Waals surface area (Å²) < 4.78 is 7.15. The summed E-state index contributed by atoms with van der Waals surface area (Å²) in [5.74, 6) is 1.53. The number of aliphatic hydroxyl groups excluding tert-OH is 1. The van der Waals surface area contributed by atoms with Gasteiger partial charge in [-0.3, -0.25) is 4.40 Å².